The van der Waals surface area contributed by atoms with Crippen LogP contribution in [0.4, 0.5) is 0 Å². The molecule has 0 saturated carbocycles. The number of rotatable bonds is 4. The van der Waals surface area contributed by atoms with E-state index in [1.54, 1.807) is 0 Å². The third kappa shape index (κ3) is 3.55. The molecule has 0 aromatic heterocycles. The van der Waals surface area contributed by atoms with Crippen LogP contribution in [0.25, 0.3) is 0 Å². The van der Waals surface area contributed by atoms with Crippen LogP contribution in [-0.4, -0.2) is 49.1 Å². The first-order valence-electron chi connectivity index (χ1n) is 6.90. The molecule has 1 saturated heterocycles. The summed E-state index contributed by atoms with van der Waals surface area (Å²) in [5, 5.41) is 0. The Bertz CT molecular complexity index is 381. The van der Waals surface area contributed by atoms with Gasteiger partial charge >= 0.3 is 0 Å². The van der Waals surface area contributed by atoms with E-state index in [1.807, 2.05) is 0 Å². The van der Waals surface area contributed by atoms with Crippen molar-refractivity contribution >= 4 is 0 Å². The second-order valence-electron chi connectivity index (χ2n) is 5.34. The average molecular weight is 247 g/mol. The van der Waals surface area contributed by atoms with E-state index >= 15 is 0 Å². The molecular weight excluding hydrogens is 222 g/mol. The van der Waals surface area contributed by atoms with Crippen LogP contribution >= 0.6 is 0 Å². The third-order valence-corrected chi connectivity index (χ3v) is 3.81. The number of benzene rings is 1. The smallest absolute Gasteiger partial charge is 0.0237 e. The van der Waals surface area contributed by atoms with Gasteiger partial charge in [-0.25, -0.2) is 0 Å². The molecule has 0 radical (unpaired) electrons. The van der Waals surface area contributed by atoms with Crippen molar-refractivity contribution in [1.82, 2.24) is 9.80 Å². The maximum absolute atomic E-state index is 5.60. The Balaban J connectivity index is 1.89. The fraction of sp³-hybridized carbons (Fsp3) is 0.600. The average Bonchev–Trinajstić information content (AvgIpc) is 2.37. The van der Waals surface area contributed by atoms with Crippen molar-refractivity contribution in [3.05, 3.63) is 34.9 Å². The first kappa shape index (κ1) is 13.5. The Hall–Kier alpha value is -0.900. The molecule has 1 aromatic rings. The maximum atomic E-state index is 5.60. The van der Waals surface area contributed by atoms with Gasteiger partial charge in [-0.05, 0) is 25.0 Å². The SMILES string of the molecule is Cc1ccc(C)c(CN2CCN(CCN)CC2)c1. The normalized spacial score (nSPS) is 18.2. The standard InChI is InChI=1S/C15H25N3/c1-13-3-4-14(2)15(11-13)12-18-9-7-17(6-5-16)8-10-18/h3-4,11H,5-10,12,16H2,1-2H3. The molecular formula is C15H25N3. The summed E-state index contributed by atoms with van der Waals surface area (Å²) in [6, 6.07) is 6.74. The van der Waals surface area contributed by atoms with Gasteiger partial charge in [-0.3, -0.25) is 9.80 Å². The fourth-order valence-corrected chi connectivity index (χ4v) is 2.57. The molecule has 18 heavy (non-hydrogen) atoms. The first-order chi connectivity index (χ1) is 8.69. The monoisotopic (exact) mass is 247 g/mol. The van der Waals surface area contributed by atoms with E-state index in [0.29, 0.717) is 0 Å². The molecule has 1 heterocycles. The molecule has 0 spiro atoms. The predicted molar refractivity (Wildman–Crippen MR) is 76.7 cm³/mol. The molecule has 0 unspecified atom stereocenters. The largest absolute Gasteiger partial charge is 0.329 e. The highest BCUT2D eigenvalue weighted by Gasteiger charge is 2.16. The summed E-state index contributed by atoms with van der Waals surface area (Å²) in [4.78, 5) is 5.01. The van der Waals surface area contributed by atoms with E-state index in [4.69, 9.17) is 5.73 Å². The van der Waals surface area contributed by atoms with Crippen molar-refractivity contribution < 1.29 is 0 Å². The zero-order chi connectivity index (χ0) is 13.0. The molecule has 1 aliphatic rings. The van der Waals surface area contributed by atoms with Gasteiger partial charge in [-0.1, -0.05) is 23.8 Å². The Morgan fingerprint density at radius 2 is 1.72 bits per heavy atom. The van der Waals surface area contributed by atoms with Crippen molar-refractivity contribution in [2.75, 3.05) is 39.3 Å². The highest BCUT2D eigenvalue weighted by atomic mass is 15.3. The van der Waals surface area contributed by atoms with Crippen LogP contribution in [0.5, 0.6) is 0 Å². The van der Waals surface area contributed by atoms with Crippen LogP contribution in [0.3, 0.4) is 0 Å². The van der Waals surface area contributed by atoms with Crippen molar-refractivity contribution in [3.63, 3.8) is 0 Å². The second-order valence-corrected chi connectivity index (χ2v) is 5.34. The van der Waals surface area contributed by atoms with E-state index in [1.165, 1.54) is 16.7 Å². The number of aryl methyl sites for hydroxylation is 2. The van der Waals surface area contributed by atoms with Crippen molar-refractivity contribution in [2.45, 2.75) is 20.4 Å². The Kier molecular flexibility index (Phi) is 4.75. The van der Waals surface area contributed by atoms with Gasteiger partial charge in [0.15, 0.2) is 0 Å². The maximum Gasteiger partial charge on any atom is 0.0237 e. The zero-order valence-corrected chi connectivity index (χ0v) is 11.7. The summed E-state index contributed by atoms with van der Waals surface area (Å²) in [6.45, 7) is 11.9. The van der Waals surface area contributed by atoms with E-state index in [9.17, 15) is 0 Å². The number of nitrogens with zero attached hydrogens (tertiary/aromatic N) is 2. The molecule has 1 aromatic carbocycles. The van der Waals surface area contributed by atoms with Gasteiger partial charge in [0.05, 0.1) is 0 Å². The quantitative estimate of drug-likeness (QED) is 0.872. The number of hydrogen-bond donors (Lipinski definition) is 1. The minimum atomic E-state index is 0.775. The summed E-state index contributed by atoms with van der Waals surface area (Å²) in [5.41, 5.74) is 9.84. The van der Waals surface area contributed by atoms with Crippen LogP contribution in [0.15, 0.2) is 18.2 Å². The van der Waals surface area contributed by atoms with Crippen LogP contribution in [0.2, 0.25) is 0 Å². The van der Waals surface area contributed by atoms with Crippen molar-refractivity contribution in [2.24, 2.45) is 5.73 Å². The molecule has 2 N–H and O–H groups in total. The van der Waals surface area contributed by atoms with Gasteiger partial charge in [0.25, 0.3) is 0 Å². The summed E-state index contributed by atoms with van der Waals surface area (Å²) >= 11 is 0. The van der Waals surface area contributed by atoms with Gasteiger partial charge in [-0.2, -0.15) is 0 Å². The second kappa shape index (κ2) is 6.32. The molecule has 0 aliphatic carbocycles. The minimum Gasteiger partial charge on any atom is -0.329 e. The van der Waals surface area contributed by atoms with Gasteiger partial charge in [0.2, 0.25) is 0 Å². The molecule has 2 rings (SSSR count). The molecule has 100 valence electrons. The summed E-state index contributed by atoms with van der Waals surface area (Å²) in [6.07, 6.45) is 0. The summed E-state index contributed by atoms with van der Waals surface area (Å²) < 4.78 is 0. The molecule has 0 atom stereocenters. The molecule has 3 heteroatoms. The highest BCUT2D eigenvalue weighted by molar-refractivity contribution is 5.30. The van der Waals surface area contributed by atoms with Gasteiger partial charge in [0.1, 0.15) is 0 Å². The van der Waals surface area contributed by atoms with Crippen LogP contribution in [-0.2, 0) is 6.54 Å². The van der Waals surface area contributed by atoms with Gasteiger partial charge in [-0.15, -0.1) is 0 Å². The lowest BCUT2D eigenvalue weighted by molar-refractivity contribution is 0.129. The lowest BCUT2D eigenvalue weighted by Gasteiger charge is -2.34. The number of hydrogen-bond acceptors (Lipinski definition) is 3. The molecule has 0 amide bonds. The zero-order valence-electron chi connectivity index (χ0n) is 11.7. The number of piperazine rings is 1. The molecule has 1 fully saturated rings. The Morgan fingerprint density at radius 1 is 1.06 bits per heavy atom. The van der Waals surface area contributed by atoms with Crippen LogP contribution < -0.4 is 5.73 Å². The van der Waals surface area contributed by atoms with Crippen molar-refractivity contribution in [3.8, 4) is 0 Å². The van der Waals surface area contributed by atoms with E-state index in [2.05, 4.69) is 41.8 Å². The predicted octanol–water partition coefficient (Wildman–Crippen LogP) is 1.38. The van der Waals surface area contributed by atoms with E-state index in [-0.39, 0.29) is 0 Å². The van der Waals surface area contributed by atoms with Crippen LogP contribution in [0, 0.1) is 13.8 Å². The van der Waals surface area contributed by atoms with Gasteiger partial charge in [0, 0.05) is 45.8 Å². The molecule has 0 bridgehead atoms. The fourth-order valence-electron chi connectivity index (χ4n) is 2.57. The lowest BCUT2D eigenvalue weighted by atomic mass is 10.0. The van der Waals surface area contributed by atoms with E-state index < -0.39 is 0 Å². The Morgan fingerprint density at radius 3 is 2.39 bits per heavy atom. The summed E-state index contributed by atoms with van der Waals surface area (Å²) in [7, 11) is 0. The summed E-state index contributed by atoms with van der Waals surface area (Å²) in [5.74, 6) is 0. The Labute approximate surface area is 111 Å². The van der Waals surface area contributed by atoms with E-state index in [0.717, 1.165) is 45.8 Å². The van der Waals surface area contributed by atoms with Gasteiger partial charge < -0.3 is 5.73 Å². The first-order valence-corrected chi connectivity index (χ1v) is 6.90. The van der Waals surface area contributed by atoms with Crippen LogP contribution in [0.1, 0.15) is 16.7 Å². The molecule has 3 nitrogen and oxygen atoms in total. The topological polar surface area (TPSA) is 32.5 Å². The highest BCUT2D eigenvalue weighted by Crippen LogP contribution is 2.14. The lowest BCUT2D eigenvalue weighted by Crippen LogP contribution is -2.47. The third-order valence-electron chi connectivity index (χ3n) is 3.81. The minimum absolute atomic E-state index is 0.775. The molecule has 1 aliphatic heterocycles. The van der Waals surface area contributed by atoms with Crippen molar-refractivity contribution in [1.29, 1.82) is 0 Å². The number of nitrogens with two attached hydrogens (primary N) is 1.